The Hall–Kier alpha value is -0.0800. The van der Waals surface area contributed by atoms with Crippen molar-refractivity contribution in [1.82, 2.24) is 10.2 Å². The largest absolute Gasteiger partial charge is 0.314 e. The van der Waals surface area contributed by atoms with Crippen LogP contribution >= 0.6 is 0 Å². The van der Waals surface area contributed by atoms with Gasteiger partial charge in [-0.3, -0.25) is 0 Å². The summed E-state index contributed by atoms with van der Waals surface area (Å²) in [6.45, 7) is 13.2. The molecule has 0 heterocycles. The lowest BCUT2D eigenvalue weighted by Crippen LogP contribution is -2.47. The minimum absolute atomic E-state index is 0.523. The topological polar surface area (TPSA) is 15.3 Å². The molecule has 0 aliphatic heterocycles. The lowest BCUT2D eigenvalue weighted by molar-refractivity contribution is 0.0873. The normalized spacial score (nSPS) is 37.6. The fourth-order valence-corrected chi connectivity index (χ4v) is 4.24. The van der Waals surface area contributed by atoms with Crippen LogP contribution in [0.25, 0.3) is 0 Å². The van der Waals surface area contributed by atoms with E-state index in [0.29, 0.717) is 11.5 Å². The molecule has 2 nitrogen and oxygen atoms in total. The lowest BCUT2D eigenvalue weighted by Gasteiger charge is -2.43. The van der Waals surface area contributed by atoms with Crippen LogP contribution in [0.3, 0.4) is 0 Å². The van der Waals surface area contributed by atoms with Gasteiger partial charge in [-0.15, -0.1) is 0 Å². The van der Waals surface area contributed by atoms with Crippen LogP contribution in [0.4, 0.5) is 0 Å². The zero-order valence-corrected chi connectivity index (χ0v) is 14.4. The van der Waals surface area contributed by atoms with Gasteiger partial charge in [-0.2, -0.15) is 0 Å². The molecule has 0 bridgehead atoms. The number of nitrogens with zero attached hydrogens (tertiary/aromatic N) is 1. The third-order valence-corrected chi connectivity index (χ3v) is 5.50. The monoisotopic (exact) mass is 280 g/mol. The number of nitrogens with one attached hydrogen (secondary N) is 1. The third kappa shape index (κ3) is 4.73. The standard InChI is InChI=1S/C18H36N2/c1-14(2)19-12-18(8-6-7-15(3)10-18)13-20(5)11-17-9-16(17)4/h14-17,19H,6-13H2,1-5H3. The fraction of sp³-hybridized carbons (Fsp3) is 1.00. The van der Waals surface area contributed by atoms with Crippen LogP contribution in [0.2, 0.25) is 0 Å². The molecule has 0 spiro atoms. The molecule has 4 unspecified atom stereocenters. The van der Waals surface area contributed by atoms with Crippen LogP contribution in [-0.2, 0) is 0 Å². The Morgan fingerprint density at radius 3 is 2.55 bits per heavy atom. The van der Waals surface area contributed by atoms with Crippen molar-refractivity contribution in [2.45, 2.75) is 65.8 Å². The summed E-state index contributed by atoms with van der Waals surface area (Å²) >= 11 is 0. The van der Waals surface area contributed by atoms with Gasteiger partial charge in [-0.25, -0.2) is 0 Å². The van der Waals surface area contributed by atoms with E-state index in [1.807, 2.05) is 0 Å². The highest BCUT2D eigenvalue weighted by molar-refractivity contribution is 4.92. The van der Waals surface area contributed by atoms with Gasteiger partial charge in [0.2, 0.25) is 0 Å². The quantitative estimate of drug-likeness (QED) is 0.763. The molecule has 0 radical (unpaired) electrons. The maximum atomic E-state index is 3.73. The highest BCUT2D eigenvalue weighted by atomic mass is 15.1. The summed E-state index contributed by atoms with van der Waals surface area (Å²) in [4.78, 5) is 2.63. The maximum Gasteiger partial charge on any atom is 0.00473 e. The first kappa shape index (κ1) is 16.3. The predicted octanol–water partition coefficient (Wildman–Crippen LogP) is 3.77. The van der Waals surface area contributed by atoms with E-state index < -0.39 is 0 Å². The molecule has 118 valence electrons. The summed E-state index contributed by atoms with van der Waals surface area (Å²) in [5, 5.41) is 3.73. The van der Waals surface area contributed by atoms with Crippen LogP contribution in [0, 0.1) is 23.2 Å². The van der Waals surface area contributed by atoms with E-state index in [1.165, 1.54) is 51.7 Å². The molecule has 2 rings (SSSR count). The second-order valence-electron chi connectivity index (χ2n) is 8.41. The highest BCUT2D eigenvalue weighted by Gasteiger charge is 2.38. The zero-order chi connectivity index (χ0) is 14.8. The SMILES string of the molecule is CC1CCCC(CNC(C)C)(CN(C)CC2CC2C)C1. The van der Waals surface area contributed by atoms with Crippen molar-refractivity contribution >= 4 is 0 Å². The first-order valence-corrected chi connectivity index (χ1v) is 8.82. The molecule has 2 heteroatoms. The number of hydrogen-bond donors (Lipinski definition) is 1. The lowest BCUT2D eigenvalue weighted by atomic mass is 9.69. The van der Waals surface area contributed by atoms with E-state index >= 15 is 0 Å². The molecular formula is C18H36N2. The smallest absolute Gasteiger partial charge is 0.00473 e. The molecule has 2 fully saturated rings. The molecule has 0 aromatic carbocycles. The van der Waals surface area contributed by atoms with Crippen molar-refractivity contribution in [2.75, 3.05) is 26.7 Å². The van der Waals surface area contributed by atoms with Crippen molar-refractivity contribution in [3.63, 3.8) is 0 Å². The fourth-order valence-electron chi connectivity index (χ4n) is 4.24. The second-order valence-corrected chi connectivity index (χ2v) is 8.41. The van der Waals surface area contributed by atoms with Crippen LogP contribution in [0.15, 0.2) is 0 Å². The Balaban J connectivity index is 1.90. The van der Waals surface area contributed by atoms with Crippen molar-refractivity contribution in [2.24, 2.45) is 23.2 Å². The van der Waals surface area contributed by atoms with Gasteiger partial charge in [-0.1, -0.05) is 40.5 Å². The summed E-state index contributed by atoms with van der Waals surface area (Å²) in [5.74, 6) is 2.87. The number of hydrogen-bond acceptors (Lipinski definition) is 2. The van der Waals surface area contributed by atoms with Gasteiger partial charge >= 0.3 is 0 Å². The van der Waals surface area contributed by atoms with Gasteiger partial charge in [0, 0.05) is 25.7 Å². The van der Waals surface area contributed by atoms with E-state index in [-0.39, 0.29) is 0 Å². The maximum absolute atomic E-state index is 3.73. The van der Waals surface area contributed by atoms with Gasteiger partial charge in [0.15, 0.2) is 0 Å². The Morgan fingerprint density at radius 2 is 2.00 bits per heavy atom. The molecule has 0 aromatic heterocycles. The zero-order valence-electron chi connectivity index (χ0n) is 14.4. The highest BCUT2D eigenvalue weighted by Crippen LogP contribution is 2.42. The van der Waals surface area contributed by atoms with Crippen molar-refractivity contribution in [3.8, 4) is 0 Å². The summed E-state index contributed by atoms with van der Waals surface area (Å²) in [7, 11) is 2.35. The van der Waals surface area contributed by atoms with Crippen LogP contribution in [0.5, 0.6) is 0 Å². The van der Waals surface area contributed by atoms with E-state index in [2.05, 4.69) is 45.0 Å². The molecule has 4 atom stereocenters. The Bertz CT molecular complexity index is 302. The molecule has 2 aliphatic rings. The third-order valence-electron chi connectivity index (χ3n) is 5.50. The minimum Gasteiger partial charge on any atom is -0.314 e. The van der Waals surface area contributed by atoms with Crippen LogP contribution in [-0.4, -0.2) is 37.6 Å². The Morgan fingerprint density at radius 1 is 1.30 bits per heavy atom. The number of rotatable bonds is 7. The first-order chi connectivity index (χ1) is 9.40. The summed E-state index contributed by atoms with van der Waals surface area (Å²) in [6, 6.07) is 0.609. The van der Waals surface area contributed by atoms with Crippen molar-refractivity contribution < 1.29 is 0 Å². The average molecular weight is 280 g/mol. The summed E-state index contributed by atoms with van der Waals surface area (Å²) < 4.78 is 0. The van der Waals surface area contributed by atoms with Crippen LogP contribution in [0.1, 0.15) is 59.8 Å². The molecule has 1 N–H and O–H groups in total. The van der Waals surface area contributed by atoms with Gasteiger partial charge in [-0.05, 0) is 49.5 Å². The molecular weight excluding hydrogens is 244 g/mol. The van der Waals surface area contributed by atoms with Gasteiger partial charge < -0.3 is 10.2 Å². The second kappa shape index (κ2) is 6.79. The van der Waals surface area contributed by atoms with E-state index in [9.17, 15) is 0 Å². The van der Waals surface area contributed by atoms with Gasteiger partial charge in [0.1, 0.15) is 0 Å². The molecule has 0 aromatic rings. The van der Waals surface area contributed by atoms with Gasteiger partial charge in [0.25, 0.3) is 0 Å². The molecule has 0 saturated heterocycles. The van der Waals surface area contributed by atoms with Crippen LogP contribution < -0.4 is 5.32 Å². The van der Waals surface area contributed by atoms with Crippen molar-refractivity contribution in [1.29, 1.82) is 0 Å². The Kier molecular flexibility index (Phi) is 5.53. The first-order valence-electron chi connectivity index (χ1n) is 8.82. The Labute approximate surface area is 126 Å². The van der Waals surface area contributed by atoms with Crippen molar-refractivity contribution in [3.05, 3.63) is 0 Å². The molecule has 2 aliphatic carbocycles. The predicted molar refractivity (Wildman–Crippen MR) is 88.0 cm³/mol. The molecule has 0 amide bonds. The minimum atomic E-state index is 0.523. The summed E-state index contributed by atoms with van der Waals surface area (Å²) in [5.41, 5.74) is 0.523. The van der Waals surface area contributed by atoms with Gasteiger partial charge in [0.05, 0.1) is 0 Å². The molecule has 20 heavy (non-hydrogen) atoms. The molecule has 2 saturated carbocycles. The average Bonchev–Trinajstić information content (AvgIpc) is 3.02. The van der Waals surface area contributed by atoms with E-state index in [4.69, 9.17) is 0 Å². The van der Waals surface area contributed by atoms with E-state index in [1.54, 1.807) is 0 Å². The summed E-state index contributed by atoms with van der Waals surface area (Å²) in [6.07, 6.45) is 7.15. The van der Waals surface area contributed by atoms with E-state index in [0.717, 1.165) is 17.8 Å².